The highest BCUT2D eigenvalue weighted by atomic mass is 79.9. The van der Waals surface area contributed by atoms with Crippen molar-refractivity contribution in [2.24, 2.45) is 5.41 Å². The monoisotopic (exact) mass is 296 g/mol. The Labute approximate surface area is 109 Å². The molecule has 90 valence electrons. The molecule has 5 heteroatoms. The van der Waals surface area contributed by atoms with Crippen molar-refractivity contribution in [3.8, 4) is 11.8 Å². The number of halogens is 1. The van der Waals surface area contributed by atoms with Gasteiger partial charge in [0, 0.05) is 12.2 Å². The summed E-state index contributed by atoms with van der Waals surface area (Å²) >= 11 is 3.42. The molecule has 2 rings (SSSR count). The Balaban J connectivity index is 2.00. The molecule has 0 unspecified atom stereocenters. The van der Waals surface area contributed by atoms with Crippen LogP contribution in [0.15, 0.2) is 22.7 Å². The fraction of sp³-hybridized carbons (Fsp3) is 0.417. The molecule has 0 aliphatic carbocycles. The number of hydrogen-bond donors (Lipinski definition) is 1. The van der Waals surface area contributed by atoms with Crippen molar-refractivity contribution >= 4 is 21.6 Å². The van der Waals surface area contributed by atoms with Gasteiger partial charge >= 0.3 is 0 Å². The third kappa shape index (κ3) is 2.54. The quantitative estimate of drug-likeness (QED) is 0.927. The molecule has 17 heavy (non-hydrogen) atoms. The third-order valence-electron chi connectivity index (χ3n) is 2.78. The van der Waals surface area contributed by atoms with Crippen molar-refractivity contribution in [2.45, 2.75) is 0 Å². The molecule has 0 aromatic heterocycles. The van der Waals surface area contributed by atoms with Crippen LogP contribution in [0.5, 0.6) is 5.75 Å². The summed E-state index contributed by atoms with van der Waals surface area (Å²) in [5, 5.41) is 12.3. The van der Waals surface area contributed by atoms with Crippen LogP contribution in [0.2, 0.25) is 0 Å². The van der Waals surface area contributed by atoms with E-state index in [2.05, 4.69) is 27.3 Å². The maximum atomic E-state index is 9.05. The van der Waals surface area contributed by atoms with Gasteiger partial charge < -0.3 is 14.8 Å². The summed E-state index contributed by atoms with van der Waals surface area (Å²) in [5.41, 5.74) is 0.589. The zero-order chi connectivity index (χ0) is 12.3. The van der Waals surface area contributed by atoms with Gasteiger partial charge in [0.1, 0.15) is 11.2 Å². The van der Waals surface area contributed by atoms with Gasteiger partial charge in [-0.1, -0.05) is 0 Å². The highest BCUT2D eigenvalue weighted by Gasteiger charge is 2.38. The van der Waals surface area contributed by atoms with E-state index >= 15 is 0 Å². The summed E-state index contributed by atoms with van der Waals surface area (Å²) in [6.07, 6.45) is 0. The molecule has 0 spiro atoms. The van der Waals surface area contributed by atoms with E-state index in [1.165, 1.54) is 0 Å². The van der Waals surface area contributed by atoms with Crippen LogP contribution in [-0.2, 0) is 4.74 Å². The molecular formula is C12H13BrN2O2. The largest absolute Gasteiger partial charge is 0.496 e. The lowest BCUT2D eigenvalue weighted by Crippen LogP contribution is -2.46. The van der Waals surface area contributed by atoms with Gasteiger partial charge in [-0.25, -0.2) is 0 Å². The molecule has 0 atom stereocenters. The first-order valence-electron chi connectivity index (χ1n) is 5.25. The van der Waals surface area contributed by atoms with E-state index in [-0.39, 0.29) is 5.41 Å². The molecule has 1 aliphatic heterocycles. The number of nitrogens with zero attached hydrogens (tertiary/aromatic N) is 1. The highest BCUT2D eigenvalue weighted by molar-refractivity contribution is 9.10. The average molecular weight is 297 g/mol. The van der Waals surface area contributed by atoms with Crippen LogP contribution in [0, 0.1) is 16.7 Å². The van der Waals surface area contributed by atoms with Crippen molar-refractivity contribution in [1.82, 2.24) is 0 Å². The summed E-state index contributed by atoms with van der Waals surface area (Å²) in [7, 11) is 1.63. The number of anilines is 1. The summed E-state index contributed by atoms with van der Waals surface area (Å²) in [5.74, 6) is 0.789. The lowest BCUT2D eigenvalue weighted by atomic mass is 9.88. The molecule has 1 aromatic carbocycles. The van der Waals surface area contributed by atoms with E-state index in [9.17, 15) is 0 Å². The predicted molar refractivity (Wildman–Crippen MR) is 68.0 cm³/mol. The Hall–Kier alpha value is -1.25. The van der Waals surface area contributed by atoms with Gasteiger partial charge in [0.2, 0.25) is 0 Å². The average Bonchev–Trinajstić information content (AvgIpc) is 2.28. The number of hydrogen-bond acceptors (Lipinski definition) is 4. The van der Waals surface area contributed by atoms with E-state index < -0.39 is 0 Å². The highest BCUT2D eigenvalue weighted by Crippen LogP contribution is 2.30. The minimum absolute atomic E-state index is 0.369. The van der Waals surface area contributed by atoms with E-state index in [1.54, 1.807) is 7.11 Å². The zero-order valence-electron chi connectivity index (χ0n) is 9.50. The van der Waals surface area contributed by atoms with Crippen LogP contribution in [0.25, 0.3) is 0 Å². The number of methoxy groups -OCH3 is 1. The molecule has 1 aliphatic rings. The minimum Gasteiger partial charge on any atom is -0.496 e. The first kappa shape index (κ1) is 12.2. The van der Waals surface area contributed by atoms with Gasteiger partial charge in [0.15, 0.2) is 0 Å². The molecule has 1 aromatic rings. The molecule has 1 heterocycles. The van der Waals surface area contributed by atoms with E-state index in [1.807, 2.05) is 18.2 Å². The van der Waals surface area contributed by atoms with Gasteiger partial charge in [0.05, 0.1) is 30.9 Å². The topological polar surface area (TPSA) is 54.3 Å². The summed E-state index contributed by atoms with van der Waals surface area (Å²) < 4.78 is 11.1. The normalized spacial score (nSPS) is 16.8. The lowest BCUT2D eigenvalue weighted by Gasteiger charge is -2.35. The Morgan fingerprint density at radius 2 is 2.35 bits per heavy atom. The van der Waals surface area contributed by atoms with Crippen molar-refractivity contribution in [2.75, 3.05) is 32.2 Å². The van der Waals surface area contributed by atoms with Crippen LogP contribution in [0.1, 0.15) is 0 Å². The Bertz CT molecular complexity index is 452. The molecule has 4 nitrogen and oxygen atoms in total. The first-order valence-corrected chi connectivity index (χ1v) is 6.05. The maximum absolute atomic E-state index is 9.05. The second-order valence-electron chi connectivity index (χ2n) is 4.09. The molecule has 1 N–H and O–H groups in total. The van der Waals surface area contributed by atoms with Crippen molar-refractivity contribution in [3.05, 3.63) is 22.7 Å². The fourth-order valence-corrected chi connectivity index (χ4v) is 2.14. The van der Waals surface area contributed by atoms with Gasteiger partial charge in [0.25, 0.3) is 0 Å². The van der Waals surface area contributed by atoms with Crippen molar-refractivity contribution in [1.29, 1.82) is 5.26 Å². The van der Waals surface area contributed by atoms with Crippen LogP contribution < -0.4 is 10.1 Å². The molecule has 1 saturated heterocycles. The van der Waals surface area contributed by atoms with Crippen LogP contribution in [0.3, 0.4) is 0 Å². The van der Waals surface area contributed by atoms with Crippen molar-refractivity contribution < 1.29 is 9.47 Å². The summed E-state index contributed by atoms with van der Waals surface area (Å²) in [4.78, 5) is 0. The molecule has 0 amide bonds. The number of nitrogens with one attached hydrogen (secondary N) is 1. The van der Waals surface area contributed by atoms with Gasteiger partial charge in [-0.3, -0.25) is 0 Å². The molecular weight excluding hydrogens is 284 g/mol. The zero-order valence-corrected chi connectivity index (χ0v) is 11.1. The smallest absolute Gasteiger partial charge is 0.133 e. The second kappa shape index (κ2) is 4.94. The Morgan fingerprint density at radius 3 is 2.82 bits per heavy atom. The number of ether oxygens (including phenoxy) is 2. The molecule has 0 radical (unpaired) electrons. The summed E-state index contributed by atoms with van der Waals surface area (Å²) in [6, 6.07) is 8.03. The lowest BCUT2D eigenvalue weighted by molar-refractivity contribution is -0.0690. The number of benzene rings is 1. The molecule has 1 fully saturated rings. The summed E-state index contributed by atoms with van der Waals surface area (Å²) in [6.45, 7) is 1.61. The van der Waals surface area contributed by atoms with Gasteiger partial charge in [-0.2, -0.15) is 5.26 Å². The first-order chi connectivity index (χ1) is 8.19. The van der Waals surface area contributed by atoms with Crippen LogP contribution in [-0.4, -0.2) is 26.9 Å². The Kier molecular flexibility index (Phi) is 3.55. The fourth-order valence-electron chi connectivity index (χ4n) is 1.60. The SMILES string of the molecule is COc1ccc(NCC2(C#N)COC2)cc1Br. The van der Waals surface area contributed by atoms with E-state index in [0.717, 1.165) is 15.9 Å². The third-order valence-corrected chi connectivity index (χ3v) is 3.40. The van der Waals surface area contributed by atoms with E-state index in [4.69, 9.17) is 14.7 Å². The minimum atomic E-state index is -0.369. The van der Waals surface area contributed by atoms with Crippen LogP contribution >= 0.6 is 15.9 Å². The predicted octanol–water partition coefficient (Wildman–Crippen LogP) is 2.41. The number of rotatable bonds is 4. The van der Waals surface area contributed by atoms with E-state index in [0.29, 0.717) is 19.8 Å². The van der Waals surface area contributed by atoms with Gasteiger partial charge in [-0.05, 0) is 34.1 Å². The standard InChI is InChI=1S/C12H13BrN2O2/c1-16-11-3-2-9(4-10(11)13)15-6-12(5-14)7-17-8-12/h2-4,15H,6-8H2,1H3. The van der Waals surface area contributed by atoms with Crippen LogP contribution in [0.4, 0.5) is 5.69 Å². The maximum Gasteiger partial charge on any atom is 0.133 e. The molecule has 0 bridgehead atoms. The second-order valence-corrected chi connectivity index (χ2v) is 4.94. The van der Waals surface area contributed by atoms with Gasteiger partial charge in [-0.15, -0.1) is 0 Å². The van der Waals surface area contributed by atoms with Crippen molar-refractivity contribution in [3.63, 3.8) is 0 Å². The number of nitriles is 1. The Morgan fingerprint density at radius 1 is 1.59 bits per heavy atom. The molecule has 0 saturated carbocycles.